The minimum absolute atomic E-state index is 0.116. The molecule has 4 rings (SSSR count). The van der Waals surface area contributed by atoms with Gasteiger partial charge < -0.3 is 5.32 Å². The molecule has 0 radical (unpaired) electrons. The van der Waals surface area contributed by atoms with E-state index in [1.165, 1.54) is 16.4 Å². The smallest absolute Gasteiger partial charge is 0.264 e. The average molecular weight is 407 g/mol. The van der Waals surface area contributed by atoms with Crippen LogP contribution in [-0.4, -0.2) is 25.9 Å². The molecule has 0 unspecified atom stereocenters. The van der Waals surface area contributed by atoms with E-state index in [1.807, 2.05) is 36.4 Å². The van der Waals surface area contributed by atoms with Crippen molar-refractivity contribution in [1.29, 1.82) is 0 Å². The van der Waals surface area contributed by atoms with E-state index in [-0.39, 0.29) is 10.8 Å². The van der Waals surface area contributed by atoms with Crippen LogP contribution in [0.1, 0.15) is 27.9 Å². The van der Waals surface area contributed by atoms with E-state index in [4.69, 9.17) is 0 Å². The van der Waals surface area contributed by atoms with Crippen molar-refractivity contribution >= 4 is 21.6 Å². The Bertz CT molecular complexity index is 1130. The van der Waals surface area contributed by atoms with Gasteiger partial charge in [-0.15, -0.1) is 0 Å². The number of pyridine rings is 1. The van der Waals surface area contributed by atoms with Gasteiger partial charge >= 0.3 is 0 Å². The van der Waals surface area contributed by atoms with Crippen LogP contribution in [0.4, 0.5) is 5.69 Å². The summed E-state index contributed by atoms with van der Waals surface area (Å²) < 4.78 is 28.0. The van der Waals surface area contributed by atoms with E-state index in [2.05, 4.69) is 10.3 Å². The number of anilines is 1. The Morgan fingerprint density at radius 3 is 2.66 bits per heavy atom. The average Bonchev–Trinajstić information content (AvgIpc) is 2.78. The molecule has 0 saturated carbocycles. The quantitative estimate of drug-likeness (QED) is 0.705. The summed E-state index contributed by atoms with van der Waals surface area (Å²) >= 11 is 0. The van der Waals surface area contributed by atoms with Crippen LogP contribution in [0, 0.1) is 0 Å². The third-order valence-corrected chi connectivity index (χ3v) is 6.76. The molecule has 0 fully saturated rings. The molecule has 0 atom stereocenters. The van der Waals surface area contributed by atoms with Gasteiger partial charge in [0.1, 0.15) is 0 Å². The van der Waals surface area contributed by atoms with Gasteiger partial charge in [-0.1, -0.05) is 24.3 Å². The van der Waals surface area contributed by atoms with Gasteiger partial charge in [-0.2, -0.15) is 0 Å². The molecule has 6 nitrogen and oxygen atoms in total. The molecule has 1 aromatic heterocycles. The van der Waals surface area contributed by atoms with Gasteiger partial charge in [0.25, 0.3) is 15.9 Å². The fourth-order valence-corrected chi connectivity index (χ4v) is 5.05. The van der Waals surface area contributed by atoms with Gasteiger partial charge in [0.05, 0.1) is 10.6 Å². The highest BCUT2D eigenvalue weighted by molar-refractivity contribution is 7.92. The van der Waals surface area contributed by atoms with Crippen LogP contribution in [0.2, 0.25) is 0 Å². The van der Waals surface area contributed by atoms with E-state index >= 15 is 0 Å². The number of hydrogen-bond donors (Lipinski definition) is 1. The minimum Gasteiger partial charge on any atom is -0.348 e. The van der Waals surface area contributed by atoms with Gasteiger partial charge in [0.2, 0.25) is 0 Å². The summed E-state index contributed by atoms with van der Waals surface area (Å²) in [5.74, 6) is -0.321. The lowest BCUT2D eigenvalue weighted by atomic mass is 10.0. The van der Waals surface area contributed by atoms with Crippen LogP contribution in [-0.2, 0) is 23.0 Å². The molecule has 1 aliphatic heterocycles. The van der Waals surface area contributed by atoms with E-state index in [0.717, 1.165) is 24.0 Å². The van der Waals surface area contributed by atoms with Crippen LogP contribution >= 0.6 is 0 Å². The third kappa shape index (κ3) is 4.00. The van der Waals surface area contributed by atoms with Gasteiger partial charge in [0, 0.05) is 31.0 Å². The molecule has 0 saturated heterocycles. The lowest BCUT2D eigenvalue weighted by Crippen LogP contribution is -2.35. The van der Waals surface area contributed by atoms with Crippen molar-refractivity contribution in [2.24, 2.45) is 0 Å². The number of sulfonamides is 1. The van der Waals surface area contributed by atoms with E-state index in [0.29, 0.717) is 24.3 Å². The Balaban J connectivity index is 1.57. The number of aromatic nitrogens is 1. The predicted octanol–water partition coefficient (Wildman–Crippen LogP) is 3.15. The predicted molar refractivity (Wildman–Crippen MR) is 111 cm³/mol. The van der Waals surface area contributed by atoms with Gasteiger partial charge in [-0.05, 0) is 60.4 Å². The molecular formula is C22H21N3O3S. The van der Waals surface area contributed by atoms with Crippen molar-refractivity contribution in [2.45, 2.75) is 24.3 Å². The number of rotatable bonds is 5. The number of benzene rings is 2. The van der Waals surface area contributed by atoms with Crippen LogP contribution in [0.3, 0.4) is 0 Å². The summed E-state index contributed by atoms with van der Waals surface area (Å²) in [5.41, 5.74) is 2.97. The second kappa shape index (κ2) is 8.05. The number of carbonyl (C=O) groups is 1. The number of amides is 1. The van der Waals surface area contributed by atoms with Crippen molar-refractivity contribution in [1.82, 2.24) is 10.3 Å². The molecule has 7 heteroatoms. The standard InChI is InChI=1S/C22H21N3O3S/c26-22(24-16-17-10-12-23-13-11-17)19-6-3-8-20(15-19)29(27,28)25-14-4-7-18-5-1-2-9-21(18)25/h1-3,5-6,8-13,15H,4,7,14,16H2,(H,24,26). The minimum atomic E-state index is -3.75. The number of aryl methyl sites for hydroxylation is 1. The fraction of sp³-hybridized carbons (Fsp3) is 0.182. The molecule has 0 bridgehead atoms. The highest BCUT2D eigenvalue weighted by Gasteiger charge is 2.29. The first-order valence-electron chi connectivity index (χ1n) is 9.43. The first-order valence-corrected chi connectivity index (χ1v) is 10.9. The summed E-state index contributed by atoms with van der Waals surface area (Å²) in [5, 5.41) is 2.81. The topological polar surface area (TPSA) is 79.4 Å². The lowest BCUT2D eigenvalue weighted by Gasteiger charge is -2.30. The number of nitrogens with zero attached hydrogens (tertiary/aromatic N) is 2. The van der Waals surface area contributed by atoms with Crippen molar-refractivity contribution in [3.05, 3.63) is 89.7 Å². The lowest BCUT2D eigenvalue weighted by molar-refractivity contribution is 0.0950. The first kappa shape index (κ1) is 19.1. The number of hydrogen-bond acceptors (Lipinski definition) is 4. The summed E-state index contributed by atoms with van der Waals surface area (Å²) in [4.78, 5) is 16.6. The van der Waals surface area contributed by atoms with E-state index in [1.54, 1.807) is 24.5 Å². The van der Waals surface area contributed by atoms with Gasteiger partial charge in [-0.3, -0.25) is 14.1 Å². The van der Waals surface area contributed by atoms with Crippen LogP contribution < -0.4 is 9.62 Å². The zero-order chi connectivity index (χ0) is 20.3. The second-order valence-electron chi connectivity index (χ2n) is 6.88. The normalized spacial score (nSPS) is 13.6. The second-order valence-corrected chi connectivity index (χ2v) is 8.74. The SMILES string of the molecule is O=C(NCc1ccncc1)c1cccc(S(=O)(=O)N2CCCc3ccccc32)c1. The molecular weight excluding hydrogens is 386 g/mol. The molecule has 0 aliphatic carbocycles. The Hall–Kier alpha value is -3.19. The third-order valence-electron chi connectivity index (χ3n) is 4.95. The van der Waals surface area contributed by atoms with Crippen LogP contribution in [0.15, 0.2) is 78.0 Å². The first-order chi connectivity index (χ1) is 14.1. The molecule has 148 valence electrons. The summed E-state index contributed by atoms with van der Waals surface area (Å²) in [6.07, 6.45) is 4.94. The molecule has 0 spiro atoms. The highest BCUT2D eigenvalue weighted by Crippen LogP contribution is 2.31. The number of nitrogens with one attached hydrogen (secondary N) is 1. The zero-order valence-electron chi connectivity index (χ0n) is 15.8. The molecule has 3 aromatic rings. The van der Waals surface area contributed by atoms with Gasteiger partial charge in [0.15, 0.2) is 0 Å². The zero-order valence-corrected chi connectivity index (χ0v) is 16.6. The van der Waals surface area contributed by atoms with E-state index < -0.39 is 10.0 Å². The number of fused-ring (bicyclic) bond motifs is 1. The molecule has 29 heavy (non-hydrogen) atoms. The van der Waals surface area contributed by atoms with Crippen molar-refractivity contribution in [2.75, 3.05) is 10.8 Å². The summed E-state index contributed by atoms with van der Waals surface area (Å²) in [6, 6.07) is 17.4. The number of para-hydroxylation sites is 1. The maximum atomic E-state index is 13.3. The van der Waals surface area contributed by atoms with Crippen molar-refractivity contribution in [3.63, 3.8) is 0 Å². The molecule has 1 aliphatic rings. The molecule has 2 aromatic carbocycles. The van der Waals surface area contributed by atoms with Crippen LogP contribution in [0.5, 0.6) is 0 Å². The van der Waals surface area contributed by atoms with Crippen molar-refractivity contribution in [3.8, 4) is 0 Å². The molecule has 2 heterocycles. The van der Waals surface area contributed by atoms with Crippen molar-refractivity contribution < 1.29 is 13.2 Å². The van der Waals surface area contributed by atoms with Crippen LogP contribution in [0.25, 0.3) is 0 Å². The Kier molecular flexibility index (Phi) is 5.31. The Labute approximate surface area is 170 Å². The number of carbonyl (C=O) groups excluding carboxylic acids is 1. The molecule has 1 amide bonds. The monoisotopic (exact) mass is 407 g/mol. The summed E-state index contributed by atoms with van der Waals surface area (Å²) in [6.45, 7) is 0.773. The summed E-state index contributed by atoms with van der Waals surface area (Å²) in [7, 11) is -3.75. The maximum absolute atomic E-state index is 13.3. The maximum Gasteiger partial charge on any atom is 0.264 e. The Morgan fingerprint density at radius 1 is 1.03 bits per heavy atom. The van der Waals surface area contributed by atoms with E-state index in [9.17, 15) is 13.2 Å². The highest BCUT2D eigenvalue weighted by atomic mass is 32.2. The Morgan fingerprint density at radius 2 is 1.83 bits per heavy atom. The largest absolute Gasteiger partial charge is 0.348 e. The van der Waals surface area contributed by atoms with Gasteiger partial charge in [-0.25, -0.2) is 8.42 Å². The molecule has 1 N–H and O–H groups in total. The fourth-order valence-electron chi connectivity index (χ4n) is 3.46.